The summed E-state index contributed by atoms with van der Waals surface area (Å²) in [5, 5.41) is 10.5. The van der Waals surface area contributed by atoms with Crippen LogP contribution < -0.4 is 0 Å². The molecule has 0 N–H and O–H groups in total. The highest BCUT2D eigenvalue weighted by atomic mass is 32.2. The maximum absolute atomic E-state index is 13.0. The van der Waals surface area contributed by atoms with Crippen LogP contribution in [0, 0.1) is 10.1 Å². The summed E-state index contributed by atoms with van der Waals surface area (Å²) in [6.45, 7) is 1.51. The van der Waals surface area contributed by atoms with Gasteiger partial charge in [-0.3, -0.25) is 14.9 Å². The maximum Gasteiger partial charge on any atom is 0.266 e. The van der Waals surface area contributed by atoms with Gasteiger partial charge in [0.15, 0.2) is 21.2 Å². The molecule has 0 unspecified atom stereocenters. The Kier molecular flexibility index (Phi) is 3.73. The molecule has 4 rings (SSSR count). The third-order valence-electron chi connectivity index (χ3n) is 5.78. The van der Waals surface area contributed by atoms with Crippen LogP contribution in [0.25, 0.3) is 0 Å². The summed E-state index contributed by atoms with van der Waals surface area (Å²) in [6, 6.07) is 7.57. The van der Waals surface area contributed by atoms with Crippen LogP contribution in [0.5, 0.6) is 0 Å². The molecule has 1 aromatic rings. The van der Waals surface area contributed by atoms with Gasteiger partial charge < -0.3 is 4.74 Å². The van der Waals surface area contributed by atoms with Gasteiger partial charge in [-0.25, -0.2) is 8.42 Å². The van der Waals surface area contributed by atoms with Gasteiger partial charge in [-0.05, 0) is 18.9 Å². The van der Waals surface area contributed by atoms with Crippen LogP contribution in [0.1, 0.15) is 37.7 Å². The minimum absolute atomic E-state index is 0.123. The number of ketones is 1. The Hall–Kier alpha value is -2.22. The van der Waals surface area contributed by atoms with E-state index in [4.69, 9.17) is 4.74 Å². The number of ether oxygens (including phenoxy) is 1. The van der Waals surface area contributed by atoms with Crippen molar-refractivity contribution < 1.29 is 22.9 Å². The first kappa shape index (κ1) is 17.2. The fraction of sp³-hybridized carbons (Fsp3) is 0.500. The number of carbonyl (C=O) groups excluding carboxylic acids is 1. The van der Waals surface area contributed by atoms with Crippen molar-refractivity contribution >= 4 is 15.6 Å². The Morgan fingerprint density at radius 2 is 1.92 bits per heavy atom. The Balaban J connectivity index is 1.99. The maximum atomic E-state index is 13.0. The number of sulfone groups is 1. The van der Waals surface area contributed by atoms with Gasteiger partial charge in [-0.1, -0.05) is 30.3 Å². The molecule has 2 heterocycles. The normalized spacial score (nSPS) is 35.4. The van der Waals surface area contributed by atoms with Crippen molar-refractivity contribution in [3.8, 4) is 0 Å². The van der Waals surface area contributed by atoms with Crippen molar-refractivity contribution in [1.29, 1.82) is 0 Å². The Morgan fingerprint density at radius 3 is 2.58 bits per heavy atom. The van der Waals surface area contributed by atoms with Crippen molar-refractivity contribution in [3.63, 3.8) is 0 Å². The van der Waals surface area contributed by atoms with E-state index in [2.05, 4.69) is 0 Å². The molecule has 1 saturated heterocycles. The minimum atomic E-state index is -3.82. The van der Waals surface area contributed by atoms with Gasteiger partial charge >= 0.3 is 0 Å². The first-order chi connectivity index (χ1) is 12.3. The van der Waals surface area contributed by atoms with Crippen molar-refractivity contribution in [1.82, 2.24) is 0 Å². The molecular weight excluding hydrogens is 358 g/mol. The van der Waals surface area contributed by atoms with Crippen molar-refractivity contribution in [3.05, 3.63) is 57.3 Å². The second-order valence-electron chi connectivity index (χ2n) is 7.34. The van der Waals surface area contributed by atoms with Gasteiger partial charge in [0.05, 0.1) is 0 Å². The molecule has 26 heavy (non-hydrogen) atoms. The van der Waals surface area contributed by atoms with Crippen LogP contribution in [0.2, 0.25) is 0 Å². The number of nitro groups is 1. The smallest absolute Gasteiger partial charge is 0.266 e. The van der Waals surface area contributed by atoms with Crippen LogP contribution in [-0.4, -0.2) is 41.8 Å². The monoisotopic (exact) mass is 377 g/mol. The summed E-state index contributed by atoms with van der Waals surface area (Å²) < 4.78 is 31.9. The molecule has 4 atom stereocenters. The van der Waals surface area contributed by atoms with Gasteiger partial charge in [0.1, 0.15) is 16.8 Å². The first-order valence-electron chi connectivity index (χ1n) is 8.61. The van der Waals surface area contributed by atoms with Gasteiger partial charge in [0.25, 0.3) is 6.04 Å². The van der Waals surface area contributed by atoms with Crippen molar-refractivity contribution in [2.75, 3.05) is 5.75 Å². The number of hydrogen-bond donors (Lipinski definition) is 0. The topological polar surface area (TPSA) is 104 Å². The third kappa shape index (κ3) is 2.31. The lowest BCUT2D eigenvalue weighted by molar-refractivity contribution is -0.537. The van der Waals surface area contributed by atoms with Crippen LogP contribution in [0.4, 0.5) is 0 Å². The number of allylic oxidation sites excluding steroid dienone is 2. The summed E-state index contributed by atoms with van der Waals surface area (Å²) in [4.78, 5) is 23.7. The second-order valence-corrected chi connectivity index (χ2v) is 9.51. The van der Waals surface area contributed by atoms with E-state index in [-0.39, 0.29) is 5.78 Å². The number of benzene rings is 1. The molecule has 1 fully saturated rings. The molecule has 0 amide bonds. The van der Waals surface area contributed by atoms with E-state index in [1.807, 2.05) is 6.07 Å². The Labute approximate surface area is 151 Å². The van der Waals surface area contributed by atoms with E-state index < -0.39 is 43.3 Å². The molecule has 0 bridgehead atoms. The molecule has 8 heteroatoms. The molecule has 0 aromatic heterocycles. The molecule has 138 valence electrons. The number of carbonyl (C=O) groups is 1. The van der Waals surface area contributed by atoms with E-state index in [0.717, 1.165) is 0 Å². The molecule has 0 saturated carbocycles. The lowest BCUT2D eigenvalue weighted by Crippen LogP contribution is -2.56. The molecule has 0 spiro atoms. The molecule has 3 aliphatic rings. The largest absolute Gasteiger partial charge is 0.483 e. The highest BCUT2D eigenvalue weighted by Gasteiger charge is 2.69. The van der Waals surface area contributed by atoms with Gasteiger partial charge in [0.2, 0.25) is 0 Å². The molecule has 7 nitrogen and oxygen atoms in total. The second kappa shape index (κ2) is 5.64. The van der Waals surface area contributed by atoms with Crippen molar-refractivity contribution in [2.24, 2.45) is 0 Å². The zero-order valence-corrected chi connectivity index (χ0v) is 15.1. The van der Waals surface area contributed by atoms with E-state index in [9.17, 15) is 23.3 Å². The predicted molar refractivity (Wildman–Crippen MR) is 92.9 cm³/mol. The zero-order valence-electron chi connectivity index (χ0n) is 14.3. The third-order valence-corrected chi connectivity index (χ3v) is 8.08. The first-order valence-corrected chi connectivity index (χ1v) is 10.3. The van der Waals surface area contributed by atoms with E-state index >= 15 is 0 Å². The van der Waals surface area contributed by atoms with Crippen LogP contribution in [0.3, 0.4) is 0 Å². The predicted octanol–water partition coefficient (Wildman–Crippen LogP) is 2.01. The molecular formula is C18H19NO6S. The number of hydrogen-bond acceptors (Lipinski definition) is 6. The Bertz CT molecular complexity index is 922. The van der Waals surface area contributed by atoms with Crippen molar-refractivity contribution in [2.45, 2.75) is 49.0 Å². The van der Waals surface area contributed by atoms with Gasteiger partial charge in [-0.2, -0.15) is 0 Å². The molecule has 2 aliphatic heterocycles. The van der Waals surface area contributed by atoms with E-state index in [1.165, 1.54) is 6.92 Å². The highest BCUT2D eigenvalue weighted by Crippen LogP contribution is 2.53. The van der Waals surface area contributed by atoms with Gasteiger partial charge in [0, 0.05) is 29.3 Å². The highest BCUT2D eigenvalue weighted by molar-refractivity contribution is 7.92. The number of Topliss-reactive ketones (excluding diaryl/α,β-unsaturated/α-hetero) is 1. The Morgan fingerprint density at radius 1 is 1.23 bits per heavy atom. The quantitative estimate of drug-likeness (QED) is 0.577. The van der Waals surface area contributed by atoms with Crippen LogP contribution in [0.15, 0.2) is 41.7 Å². The summed E-state index contributed by atoms with van der Waals surface area (Å²) in [5.74, 6) is -0.994. The summed E-state index contributed by atoms with van der Waals surface area (Å²) in [5.41, 5.74) is -0.418. The number of rotatable bonds is 2. The van der Waals surface area contributed by atoms with Crippen LogP contribution >= 0.6 is 0 Å². The standard InChI is InChI=1S/C18H19NO6S/c1-18-14(19(21)22)10-26(23,24)17(18)15(11-6-3-2-4-7-11)16-12(20)8-5-9-13(16)25-18/h2-4,6-7,14-15,17H,5,8-10H2,1H3/t14-,15+,17+,18-/m1/s1. The summed E-state index contributed by atoms with van der Waals surface area (Å²) in [6.07, 6.45) is 1.45. The molecule has 0 radical (unpaired) electrons. The lowest BCUT2D eigenvalue weighted by Gasteiger charge is -2.44. The average molecular weight is 377 g/mol. The number of nitrogens with zero attached hydrogens (tertiary/aromatic N) is 1. The fourth-order valence-corrected chi connectivity index (χ4v) is 7.40. The zero-order chi connectivity index (χ0) is 18.7. The summed E-state index contributed by atoms with van der Waals surface area (Å²) >= 11 is 0. The van der Waals surface area contributed by atoms with E-state index in [1.54, 1.807) is 24.3 Å². The van der Waals surface area contributed by atoms with E-state index in [0.29, 0.717) is 36.2 Å². The van der Waals surface area contributed by atoms with Gasteiger partial charge in [-0.15, -0.1) is 0 Å². The SMILES string of the molecule is C[C@]12OC3=C(C(=O)CCC3)[C@H](c3ccccc3)[C@@H]1S(=O)(=O)C[C@H]2[N+](=O)[O-]. The minimum Gasteiger partial charge on any atom is -0.483 e. The lowest BCUT2D eigenvalue weighted by atomic mass is 9.73. The number of fused-ring (bicyclic) bond motifs is 1. The molecule has 1 aliphatic carbocycles. The summed E-state index contributed by atoms with van der Waals surface area (Å²) in [7, 11) is -3.82. The average Bonchev–Trinajstić information content (AvgIpc) is 2.80. The van der Waals surface area contributed by atoms with Crippen LogP contribution in [-0.2, 0) is 19.4 Å². The fourth-order valence-electron chi connectivity index (χ4n) is 4.68. The molecule has 1 aromatic carbocycles.